The van der Waals surface area contributed by atoms with Gasteiger partial charge in [0.05, 0.1) is 57.2 Å². The lowest BCUT2D eigenvalue weighted by atomic mass is 9.79. The molecule has 6 aromatic rings. The minimum Gasteiger partial charge on any atom is -0.497 e. The highest BCUT2D eigenvalue weighted by molar-refractivity contribution is 7.29. The standard InChI is InChI=1S/C46H48NO7P/c1-48-41-23-15-37(16-24-41)45(35-11-7-5-8-12-35,38-17-25-42(49-2)26-18-38)52-31-34(33-54-55-47)32-53-46(36-13-9-6-10-14-36,39-19-27-43(50-3)28-20-39)40-21-29-44(51-4)30-22-40/h5-30,34,55H,31-33,47H2,1-4H3. The highest BCUT2D eigenvalue weighted by atomic mass is 31.1. The Labute approximate surface area is 326 Å². The summed E-state index contributed by atoms with van der Waals surface area (Å²) in [5.74, 6) is 2.74. The maximum atomic E-state index is 7.32. The number of hydrogen-bond acceptors (Lipinski definition) is 8. The summed E-state index contributed by atoms with van der Waals surface area (Å²) in [6.07, 6.45) is 0. The van der Waals surface area contributed by atoms with Crippen molar-refractivity contribution in [2.45, 2.75) is 11.2 Å². The van der Waals surface area contributed by atoms with E-state index in [0.29, 0.717) is 6.61 Å². The topological polar surface area (TPSA) is 90.6 Å². The van der Waals surface area contributed by atoms with Crippen molar-refractivity contribution in [3.8, 4) is 23.0 Å². The van der Waals surface area contributed by atoms with Gasteiger partial charge >= 0.3 is 0 Å². The van der Waals surface area contributed by atoms with Gasteiger partial charge in [0.15, 0.2) is 0 Å². The van der Waals surface area contributed by atoms with Crippen molar-refractivity contribution in [3.63, 3.8) is 0 Å². The maximum Gasteiger partial charge on any atom is 0.143 e. The van der Waals surface area contributed by atoms with Crippen LogP contribution in [0, 0.1) is 5.92 Å². The minimum absolute atomic E-state index is 0.203. The van der Waals surface area contributed by atoms with Crippen molar-refractivity contribution in [1.29, 1.82) is 0 Å². The van der Waals surface area contributed by atoms with E-state index in [1.807, 2.05) is 133 Å². The SMILES string of the molecule is COc1ccc(C(OCC(COPN)COC(c2ccccc2)(c2ccc(OC)cc2)c2ccc(OC)cc2)(c2ccccc2)c2ccc(OC)cc2)cc1. The smallest absolute Gasteiger partial charge is 0.143 e. The third-order valence-corrected chi connectivity index (χ3v) is 10.2. The van der Waals surface area contributed by atoms with E-state index in [9.17, 15) is 0 Å². The van der Waals surface area contributed by atoms with Crippen molar-refractivity contribution >= 4 is 8.96 Å². The van der Waals surface area contributed by atoms with Crippen LogP contribution < -0.4 is 24.5 Å². The average molecular weight is 758 g/mol. The predicted octanol–water partition coefficient (Wildman–Crippen LogP) is 9.14. The second-order valence-corrected chi connectivity index (χ2v) is 13.4. The number of nitrogens with two attached hydrogens (primary N) is 1. The zero-order valence-corrected chi connectivity index (χ0v) is 32.6. The van der Waals surface area contributed by atoms with E-state index in [0.717, 1.165) is 56.4 Å². The summed E-state index contributed by atoms with van der Waals surface area (Å²) < 4.78 is 42.8. The summed E-state index contributed by atoms with van der Waals surface area (Å²) in [6, 6.07) is 52.5. The number of rotatable bonds is 19. The molecule has 6 aromatic carbocycles. The Morgan fingerprint density at radius 3 is 0.927 bits per heavy atom. The fourth-order valence-electron chi connectivity index (χ4n) is 6.94. The molecule has 0 fully saturated rings. The molecule has 55 heavy (non-hydrogen) atoms. The van der Waals surface area contributed by atoms with Crippen LogP contribution >= 0.6 is 8.96 Å². The van der Waals surface area contributed by atoms with Crippen LogP contribution in [0.1, 0.15) is 33.4 Å². The summed E-state index contributed by atoms with van der Waals surface area (Å²) in [7, 11) is 6.45. The summed E-state index contributed by atoms with van der Waals surface area (Å²) >= 11 is 0. The zero-order valence-electron chi connectivity index (χ0n) is 31.6. The lowest BCUT2D eigenvalue weighted by Gasteiger charge is -2.39. The molecule has 6 rings (SSSR count). The van der Waals surface area contributed by atoms with Crippen LogP contribution in [0.3, 0.4) is 0 Å². The fourth-order valence-corrected chi connectivity index (χ4v) is 7.28. The van der Waals surface area contributed by atoms with E-state index >= 15 is 0 Å². The van der Waals surface area contributed by atoms with Gasteiger partial charge in [-0.05, 0) is 81.9 Å². The van der Waals surface area contributed by atoms with E-state index in [1.165, 1.54) is 0 Å². The molecule has 0 aliphatic heterocycles. The van der Waals surface area contributed by atoms with E-state index < -0.39 is 11.2 Å². The van der Waals surface area contributed by atoms with Gasteiger partial charge in [0.1, 0.15) is 34.2 Å². The maximum absolute atomic E-state index is 7.32. The number of methoxy groups -OCH3 is 4. The van der Waals surface area contributed by atoms with Gasteiger partial charge in [0.25, 0.3) is 0 Å². The molecule has 0 saturated carbocycles. The number of ether oxygens (including phenoxy) is 6. The van der Waals surface area contributed by atoms with E-state index in [4.69, 9.17) is 38.4 Å². The third-order valence-electron chi connectivity index (χ3n) is 9.82. The molecule has 0 spiro atoms. The molecule has 0 bridgehead atoms. The molecule has 1 atom stereocenters. The quantitative estimate of drug-likeness (QED) is 0.0647. The molecule has 0 aliphatic carbocycles. The highest BCUT2D eigenvalue weighted by Gasteiger charge is 2.41. The molecule has 0 radical (unpaired) electrons. The summed E-state index contributed by atoms with van der Waals surface area (Å²) in [5, 5.41) is 0. The molecule has 0 heterocycles. The molecule has 284 valence electrons. The molecule has 0 saturated heterocycles. The van der Waals surface area contributed by atoms with Crippen LogP contribution in [0.2, 0.25) is 0 Å². The first-order chi connectivity index (χ1) is 27.0. The van der Waals surface area contributed by atoms with Gasteiger partial charge in [0.2, 0.25) is 0 Å². The first kappa shape index (κ1) is 39.5. The van der Waals surface area contributed by atoms with E-state index in [1.54, 1.807) is 28.4 Å². The Morgan fingerprint density at radius 2 is 0.673 bits per heavy atom. The molecular formula is C46H48NO7P. The van der Waals surface area contributed by atoms with Crippen molar-refractivity contribution in [2.75, 3.05) is 48.3 Å². The van der Waals surface area contributed by atoms with Gasteiger partial charge in [-0.25, -0.2) is 0 Å². The number of hydrogen-bond donors (Lipinski definition) is 1. The molecule has 8 nitrogen and oxygen atoms in total. The molecule has 1 unspecified atom stereocenters. The normalized spacial score (nSPS) is 11.9. The van der Waals surface area contributed by atoms with Crippen LogP contribution in [-0.2, 0) is 25.2 Å². The molecule has 0 amide bonds. The summed E-state index contributed by atoms with van der Waals surface area (Å²) in [4.78, 5) is 0. The Bertz CT molecular complexity index is 1790. The highest BCUT2D eigenvalue weighted by Crippen LogP contribution is 2.44. The Kier molecular flexibility index (Phi) is 13.6. The van der Waals surface area contributed by atoms with Gasteiger partial charge in [-0.3, -0.25) is 5.50 Å². The monoisotopic (exact) mass is 757 g/mol. The third kappa shape index (κ3) is 8.70. The Balaban J connectivity index is 1.45. The van der Waals surface area contributed by atoms with Crippen molar-refractivity contribution in [1.82, 2.24) is 0 Å². The van der Waals surface area contributed by atoms with Crippen LogP contribution in [0.5, 0.6) is 23.0 Å². The molecule has 9 heteroatoms. The van der Waals surface area contributed by atoms with Crippen molar-refractivity contribution in [3.05, 3.63) is 191 Å². The minimum atomic E-state index is -1.02. The fraction of sp³-hybridized carbons (Fsp3) is 0.217. The summed E-state index contributed by atoms with van der Waals surface area (Å²) in [6.45, 7) is 0.822. The van der Waals surface area contributed by atoms with Crippen LogP contribution in [-0.4, -0.2) is 48.3 Å². The molecule has 0 aromatic heterocycles. The Morgan fingerprint density at radius 1 is 0.400 bits per heavy atom. The summed E-state index contributed by atoms with van der Waals surface area (Å²) in [5.41, 5.74) is 9.57. The zero-order chi connectivity index (χ0) is 38.5. The van der Waals surface area contributed by atoms with Crippen LogP contribution in [0.4, 0.5) is 0 Å². The lowest BCUT2D eigenvalue weighted by molar-refractivity contribution is -0.0638. The molecular weight excluding hydrogens is 709 g/mol. The average Bonchev–Trinajstić information content (AvgIpc) is 3.27. The van der Waals surface area contributed by atoms with Crippen molar-refractivity contribution in [2.24, 2.45) is 11.4 Å². The van der Waals surface area contributed by atoms with Gasteiger partial charge in [-0.2, -0.15) is 0 Å². The van der Waals surface area contributed by atoms with Gasteiger partial charge in [0, 0.05) is 5.92 Å². The van der Waals surface area contributed by atoms with E-state index in [2.05, 4.69) is 24.3 Å². The largest absolute Gasteiger partial charge is 0.497 e. The number of benzene rings is 6. The van der Waals surface area contributed by atoms with E-state index in [-0.39, 0.29) is 28.1 Å². The first-order valence-corrected chi connectivity index (χ1v) is 19.0. The van der Waals surface area contributed by atoms with Gasteiger partial charge < -0.3 is 32.9 Å². The molecule has 2 N–H and O–H groups in total. The van der Waals surface area contributed by atoms with Gasteiger partial charge in [-0.15, -0.1) is 0 Å². The first-order valence-electron chi connectivity index (χ1n) is 18.0. The lowest BCUT2D eigenvalue weighted by Crippen LogP contribution is -2.39. The predicted molar refractivity (Wildman–Crippen MR) is 218 cm³/mol. The van der Waals surface area contributed by atoms with Gasteiger partial charge in [-0.1, -0.05) is 109 Å². The second-order valence-electron chi connectivity index (χ2n) is 12.9. The Hall–Kier alpha value is -5.21. The van der Waals surface area contributed by atoms with Crippen LogP contribution in [0.25, 0.3) is 0 Å². The molecule has 0 aliphatic rings. The van der Waals surface area contributed by atoms with Crippen molar-refractivity contribution < 1.29 is 32.9 Å². The van der Waals surface area contributed by atoms with Crippen LogP contribution in [0.15, 0.2) is 158 Å². The second kappa shape index (κ2) is 18.9.